The van der Waals surface area contributed by atoms with Gasteiger partial charge in [0.1, 0.15) is 5.69 Å². The van der Waals surface area contributed by atoms with Gasteiger partial charge in [0, 0.05) is 28.8 Å². The topological polar surface area (TPSA) is 129 Å². The summed E-state index contributed by atoms with van der Waals surface area (Å²) in [5.74, 6) is -1.06. The number of H-pyrrole nitrogens is 1. The lowest BCUT2D eigenvalue weighted by molar-refractivity contribution is -0.111. The summed E-state index contributed by atoms with van der Waals surface area (Å²) in [6.07, 6.45) is 2.77. The molecule has 0 radical (unpaired) electrons. The maximum absolute atomic E-state index is 12.7. The Morgan fingerprint density at radius 3 is 2.18 bits per heavy atom. The number of hydrogen-bond donors (Lipinski definition) is 4. The predicted octanol–water partition coefficient (Wildman–Crippen LogP) is 4.10. The molecule has 0 fully saturated rings. The number of anilines is 3. The molecule has 0 saturated carbocycles. The van der Waals surface area contributed by atoms with Crippen LogP contribution < -0.4 is 16.0 Å². The van der Waals surface area contributed by atoms with Gasteiger partial charge >= 0.3 is 0 Å². The number of nitrogens with zero attached hydrogens (tertiary/aromatic N) is 2. The van der Waals surface area contributed by atoms with E-state index in [0.29, 0.717) is 34.0 Å². The van der Waals surface area contributed by atoms with Crippen molar-refractivity contribution in [1.29, 1.82) is 0 Å². The molecule has 9 nitrogen and oxygen atoms in total. The first kappa shape index (κ1) is 22.2. The normalized spacial score (nSPS) is 10.2. The van der Waals surface area contributed by atoms with Crippen LogP contribution in [0.15, 0.2) is 91.6 Å². The monoisotopic (exact) mass is 452 g/mol. The van der Waals surface area contributed by atoms with Gasteiger partial charge < -0.3 is 16.0 Å². The lowest BCUT2D eigenvalue weighted by Gasteiger charge is -2.10. The summed E-state index contributed by atoms with van der Waals surface area (Å²) < 4.78 is 0. The van der Waals surface area contributed by atoms with Crippen LogP contribution in [0.3, 0.4) is 0 Å². The first-order valence-corrected chi connectivity index (χ1v) is 10.2. The zero-order valence-corrected chi connectivity index (χ0v) is 17.9. The molecule has 0 unspecified atom stereocenters. The quantitative estimate of drug-likeness (QED) is 0.314. The minimum atomic E-state index is -0.387. The molecule has 4 aromatic rings. The molecule has 0 aliphatic rings. The molecule has 34 heavy (non-hydrogen) atoms. The van der Waals surface area contributed by atoms with Crippen LogP contribution >= 0.6 is 0 Å². The van der Waals surface area contributed by atoms with Crippen LogP contribution in [-0.4, -0.2) is 32.9 Å². The van der Waals surface area contributed by atoms with Gasteiger partial charge in [-0.3, -0.25) is 19.5 Å². The fraction of sp³-hybridized carbons (Fsp3) is 0. The fourth-order valence-corrected chi connectivity index (χ4v) is 3.08. The highest BCUT2D eigenvalue weighted by Gasteiger charge is 2.12. The van der Waals surface area contributed by atoms with Gasteiger partial charge in [-0.2, -0.15) is 5.10 Å². The second-order valence-corrected chi connectivity index (χ2v) is 7.14. The van der Waals surface area contributed by atoms with E-state index in [1.807, 2.05) is 0 Å². The van der Waals surface area contributed by atoms with Crippen molar-refractivity contribution in [1.82, 2.24) is 15.2 Å². The van der Waals surface area contributed by atoms with E-state index < -0.39 is 0 Å². The molecule has 0 spiro atoms. The SMILES string of the molecule is C=CC(=O)Nc1ccc(C(=O)Nc2cccc(NC(=O)c3cccc(-c4ccn[nH]4)n3)c2)cc1. The van der Waals surface area contributed by atoms with Gasteiger partial charge in [0.05, 0.1) is 11.4 Å². The minimum absolute atomic E-state index is 0.241. The smallest absolute Gasteiger partial charge is 0.274 e. The fourth-order valence-electron chi connectivity index (χ4n) is 3.08. The maximum Gasteiger partial charge on any atom is 0.274 e. The molecule has 0 bridgehead atoms. The van der Waals surface area contributed by atoms with E-state index in [1.165, 1.54) is 6.08 Å². The lowest BCUT2D eigenvalue weighted by atomic mass is 10.2. The summed E-state index contributed by atoms with van der Waals surface area (Å²) >= 11 is 0. The van der Waals surface area contributed by atoms with Crippen LogP contribution in [0, 0.1) is 0 Å². The van der Waals surface area contributed by atoms with Gasteiger partial charge in [0.2, 0.25) is 5.91 Å². The van der Waals surface area contributed by atoms with E-state index >= 15 is 0 Å². The molecule has 0 aliphatic carbocycles. The van der Waals surface area contributed by atoms with Crippen LogP contribution in [0.1, 0.15) is 20.8 Å². The number of nitrogens with one attached hydrogen (secondary N) is 4. The second kappa shape index (κ2) is 10.0. The molecule has 0 saturated heterocycles. The molecule has 0 atom stereocenters. The van der Waals surface area contributed by atoms with Gasteiger partial charge in [-0.15, -0.1) is 0 Å². The molecule has 2 heterocycles. The Morgan fingerprint density at radius 1 is 0.794 bits per heavy atom. The van der Waals surface area contributed by atoms with Crippen LogP contribution in [-0.2, 0) is 4.79 Å². The molecular weight excluding hydrogens is 432 g/mol. The standard InChI is InChI=1S/C25H20N6O3/c1-2-23(32)27-17-11-9-16(10-12-17)24(33)28-18-5-3-6-19(15-18)29-25(34)22-8-4-7-20(30-22)21-13-14-26-31-21/h2-15H,1H2,(H,26,31)(H,27,32)(H,28,33)(H,29,34). The number of carbonyl (C=O) groups is 3. The molecule has 4 N–H and O–H groups in total. The largest absolute Gasteiger partial charge is 0.323 e. The number of pyridine rings is 1. The van der Waals surface area contributed by atoms with Crippen LogP contribution in [0.2, 0.25) is 0 Å². The second-order valence-electron chi connectivity index (χ2n) is 7.14. The highest BCUT2D eigenvalue weighted by Crippen LogP contribution is 2.19. The summed E-state index contributed by atoms with van der Waals surface area (Å²) in [5.41, 5.74) is 3.51. The Hall–Kier alpha value is -5.05. The Bertz CT molecular complexity index is 1350. The zero-order valence-electron chi connectivity index (χ0n) is 17.9. The minimum Gasteiger partial charge on any atom is -0.323 e. The zero-order chi connectivity index (χ0) is 23.9. The van der Waals surface area contributed by atoms with Crippen molar-refractivity contribution in [3.8, 4) is 11.4 Å². The molecule has 3 amide bonds. The highest BCUT2D eigenvalue weighted by atomic mass is 16.2. The van der Waals surface area contributed by atoms with Crippen molar-refractivity contribution in [2.75, 3.05) is 16.0 Å². The van der Waals surface area contributed by atoms with Crippen molar-refractivity contribution < 1.29 is 14.4 Å². The third-order valence-corrected chi connectivity index (χ3v) is 4.74. The van der Waals surface area contributed by atoms with Gasteiger partial charge in [0.15, 0.2) is 0 Å². The third-order valence-electron chi connectivity index (χ3n) is 4.74. The summed E-state index contributed by atoms with van der Waals surface area (Å²) in [5, 5.41) is 14.9. The molecule has 2 aromatic heterocycles. The maximum atomic E-state index is 12.7. The summed E-state index contributed by atoms with van der Waals surface area (Å²) in [6, 6.07) is 20.1. The number of carbonyl (C=O) groups excluding carboxylic acids is 3. The van der Waals surface area contributed by atoms with Gasteiger partial charge in [0.25, 0.3) is 11.8 Å². The van der Waals surface area contributed by atoms with Gasteiger partial charge in [-0.1, -0.05) is 18.7 Å². The van der Waals surface area contributed by atoms with Crippen molar-refractivity contribution in [2.45, 2.75) is 0 Å². The van der Waals surface area contributed by atoms with E-state index in [9.17, 15) is 14.4 Å². The van der Waals surface area contributed by atoms with Crippen molar-refractivity contribution in [2.24, 2.45) is 0 Å². The number of amides is 3. The molecule has 168 valence electrons. The van der Waals surface area contributed by atoms with Gasteiger partial charge in [-0.05, 0) is 66.7 Å². The number of aromatic amines is 1. The Labute approximate surface area is 194 Å². The van der Waals surface area contributed by atoms with E-state index in [0.717, 1.165) is 0 Å². The van der Waals surface area contributed by atoms with Crippen molar-refractivity contribution in [3.05, 3.63) is 103 Å². The molecule has 2 aromatic carbocycles. The van der Waals surface area contributed by atoms with Crippen molar-refractivity contribution in [3.63, 3.8) is 0 Å². The highest BCUT2D eigenvalue weighted by molar-refractivity contribution is 6.06. The average molecular weight is 452 g/mol. The molecular formula is C25H20N6O3. The van der Waals surface area contributed by atoms with E-state index in [2.05, 4.69) is 37.7 Å². The first-order chi connectivity index (χ1) is 16.5. The number of hydrogen-bond acceptors (Lipinski definition) is 5. The van der Waals surface area contributed by atoms with E-state index in [1.54, 1.807) is 79.0 Å². The summed E-state index contributed by atoms with van der Waals surface area (Å²) in [6.45, 7) is 3.40. The predicted molar refractivity (Wildman–Crippen MR) is 129 cm³/mol. The lowest BCUT2D eigenvalue weighted by Crippen LogP contribution is -2.15. The average Bonchev–Trinajstić information content (AvgIpc) is 3.40. The van der Waals surface area contributed by atoms with Gasteiger partial charge in [-0.25, -0.2) is 4.98 Å². The van der Waals surface area contributed by atoms with Crippen LogP contribution in [0.25, 0.3) is 11.4 Å². The van der Waals surface area contributed by atoms with E-state index in [4.69, 9.17) is 0 Å². The summed E-state index contributed by atoms with van der Waals surface area (Å²) in [4.78, 5) is 41.0. The number of benzene rings is 2. The first-order valence-electron chi connectivity index (χ1n) is 10.2. The molecule has 0 aliphatic heterocycles. The molecule has 4 rings (SSSR count). The van der Waals surface area contributed by atoms with Crippen molar-refractivity contribution >= 4 is 34.8 Å². The third kappa shape index (κ3) is 5.40. The Morgan fingerprint density at radius 2 is 1.50 bits per heavy atom. The Kier molecular flexibility index (Phi) is 6.55. The van der Waals surface area contributed by atoms with Crippen LogP contribution in [0.4, 0.5) is 17.1 Å². The summed E-state index contributed by atoms with van der Waals surface area (Å²) in [7, 11) is 0. The molecule has 9 heteroatoms. The number of rotatable bonds is 7. The number of aromatic nitrogens is 3. The Balaban J connectivity index is 1.41. The van der Waals surface area contributed by atoms with E-state index in [-0.39, 0.29) is 23.4 Å². The van der Waals surface area contributed by atoms with Crippen LogP contribution in [0.5, 0.6) is 0 Å².